The third-order valence-corrected chi connectivity index (χ3v) is 2.97. The van der Waals surface area contributed by atoms with Gasteiger partial charge in [0, 0.05) is 12.1 Å². The number of hydrogen-bond acceptors (Lipinski definition) is 3. The molecule has 0 radical (unpaired) electrons. The predicted molar refractivity (Wildman–Crippen MR) is 78.8 cm³/mol. The third-order valence-electron chi connectivity index (χ3n) is 2.66. The summed E-state index contributed by atoms with van der Waals surface area (Å²) in [6, 6.07) is 7.85. The molecule has 0 unspecified atom stereocenters. The molecule has 0 aliphatic rings. The summed E-state index contributed by atoms with van der Waals surface area (Å²) in [4.78, 5) is 0. The molecule has 1 N–H and O–H groups in total. The Hall–Kier alpha value is -1.88. The number of H-pyrrole nitrogens is 1. The summed E-state index contributed by atoms with van der Waals surface area (Å²) < 4.78 is 8.06. The Morgan fingerprint density at radius 3 is 2.79 bits per heavy atom. The van der Waals surface area contributed by atoms with Crippen LogP contribution in [-0.4, -0.2) is 21.4 Å². The third kappa shape index (κ3) is 3.12. The van der Waals surface area contributed by atoms with Crippen LogP contribution in [0.1, 0.15) is 13.3 Å². The molecule has 0 amide bonds. The van der Waals surface area contributed by atoms with Crippen LogP contribution in [0.3, 0.4) is 0 Å². The molecule has 0 saturated carbocycles. The number of nitrogens with zero attached hydrogens (tertiary/aromatic N) is 2. The second kappa shape index (κ2) is 6.33. The van der Waals surface area contributed by atoms with Crippen molar-refractivity contribution in [3.8, 4) is 17.1 Å². The summed E-state index contributed by atoms with van der Waals surface area (Å²) in [5.74, 6) is 1.68. The van der Waals surface area contributed by atoms with E-state index >= 15 is 0 Å². The van der Waals surface area contributed by atoms with Gasteiger partial charge in [0.05, 0.1) is 6.61 Å². The van der Waals surface area contributed by atoms with Crippen molar-refractivity contribution in [3.05, 3.63) is 41.7 Å². The van der Waals surface area contributed by atoms with Crippen molar-refractivity contribution in [2.45, 2.75) is 19.9 Å². The lowest BCUT2D eigenvalue weighted by Crippen LogP contribution is -1.99. The first kappa shape index (κ1) is 13.5. The fraction of sp³-hybridized carbons (Fsp3) is 0.286. The Kier molecular flexibility index (Phi) is 4.52. The van der Waals surface area contributed by atoms with Crippen LogP contribution in [0, 0.1) is 4.77 Å². The maximum Gasteiger partial charge on any atom is 0.195 e. The number of ether oxygens (including phenoxy) is 1. The van der Waals surface area contributed by atoms with Crippen molar-refractivity contribution in [3.63, 3.8) is 0 Å². The quantitative estimate of drug-likeness (QED) is 0.647. The van der Waals surface area contributed by atoms with Gasteiger partial charge in [-0.2, -0.15) is 5.10 Å². The molecule has 0 spiro atoms. The van der Waals surface area contributed by atoms with Gasteiger partial charge in [-0.15, -0.1) is 6.58 Å². The topological polar surface area (TPSA) is 42.8 Å². The highest BCUT2D eigenvalue weighted by atomic mass is 32.1. The summed E-state index contributed by atoms with van der Waals surface area (Å²) in [6.45, 7) is 7.18. The number of hydrogen-bond donors (Lipinski definition) is 1. The average molecular weight is 275 g/mol. The van der Waals surface area contributed by atoms with Crippen LogP contribution < -0.4 is 4.74 Å². The van der Waals surface area contributed by atoms with E-state index < -0.39 is 0 Å². The summed E-state index contributed by atoms with van der Waals surface area (Å²) in [5, 5.41) is 7.06. The molecule has 100 valence electrons. The molecular weight excluding hydrogens is 258 g/mol. The van der Waals surface area contributed by atoms with E-state index in [0.29, 0.717) is 11.3 Å². The van der Waals surface area contributed by atoms with Gasteiger partial charge >= 0.3 is 0 Å². The normalized spacial score (nSPS) is 10.4. The number of rotatable bonds is 6. The Balaban J connectivity index is 2.27. The van der Waals surface area contributed by atoms with Crippen molar-refractivity contribution in [2.24, 2.45) is 0 Å². The first-order valence-corrected chi connectivity index (χ1v) is 6.66. The molecule has 2 rings (SSSR count). The number of allylic oxidation sites excluding steroid dienone is 1. The first-order valence-electron chi connectivity index (χ1n) is 6.25. The van der Waals surface area contributed by atoms with Crippen LogP contribution in [0.2, 0.25) is 0 Å². The van der Waals surface area contributed by atoms with Gasteiger partial charge in [0.15, 0.2) is 10.6 Å². The minimum absolute atomic E-state index is 0.598. The smallest absolute Gasteiger partial charge is 0.195 e. The maximum atomic E-state index is 5.56. The zero-order chi connectivity index (χ0) is 13.7. The highest BCUT2D eigenvalue weighted by Gasteiger charge is 2.07. The summed E-state index contributed by atoms with van der Waals surface area (Å²) in [5.41, 5.74) is 0.998. The van der Waals surface area contributed by atoms with Gasteiger partial charge in [-0.25, -0.2) is 0 Å². The summed E-state index contributed by atoms with van der Waals surface area (Å²) >= 11 is 5.19. The van der Waals surface area contributed by atoms with Gasteiger partial charge in [-0.05, 0) is 42.9 Å². The highest BCUT2D eigenvalue weighted by Crippen LogP contribution is 2.21. The zero-order valence-electron chi connectivity index (χ0n) is 10.9. The molecule has 0 fully saturated rings. The van der Waals surface area contributed by atoms with Gasteiger partial charge in [-0.3, -0.25) is 9.67 Å². The van der Waals surface area contributed by atoms with E-state index in [9.17, 15) is 0 Å². The summed E-state index contributed by atoms with van der Waals surface area (Å²) in [7, 11) is 0. The van der Waals surface area contributed by atoms with Gasteiger partial charge < -0.3 is 4.74 Å². The fourth-order valence-corrected chi connectivity index (χ4v) is 1.96. The Labute approximate surface area is 117 Å². The van der Waals surface area contributed by atoms with Crippen molar-refractivity contribution in [1.29, 1.82) is 0 Å². The van der Waals surface area contributed by atoms with Gasteiger partial charge in [-0.1, -0.05) is 13.0 Å². The van der Waals surface area contributed by atoms with Crippen molar-refractivity contribution >= 4 is 12.2 Å². The van der Waals surface area contributed by atoms with Crippen molar-refractivity contribution in [1.82, 2.24) is 14.8 Å². The van der Waals surface area contributed by atoms with E-state index in [1.165, 1.54) is 0 Å². The Bertz CT molecular complexity index is 598. The zero-order valence-corrected chi connectivity index (χ0v) is 11.7. The minimum atomic E-state index is 0.598. The van der Waals surface area contributed by atoms with Crippen LogP contribution in [0.15, 0.2) is 36.9 Å². The van der Waals surface area contributed by atoms with E-state index in [2.05, 4.69) is 23.7 Å². The lowest BCUT2D eigenvalue weighted by molar-refractivity contribution is 0.317. The van der Waals surface area contributed by atoms with Gasteiger partial charge in [0.2, 0.25) is 0 Å². The second-order valence-electron chi connectivity index (χ2n) is 4.12. The Morgan fingerprint density at radius 2 is 2.16 bits per heavy atom. The fourth-order valence-electron chi connectivity index (χ4n) is 1.76. The molecule has 1 heterocycles. The molecular formula is C14H17N3OS. The van der Waals surface area contributed by atoms with Gasteiger partial charge in [0.1, 0.15) is 5.75 Å². The monoisotopic (exact) mass is 275 g/mol. The highest BCUT2D eigenvalue weighted by molar-refractivity contribution is 7.71. The first-order chi connectivity index (χ1) is 9.26. The lowest BCUT2D eigenvalue weighted by atomic mass is 10.2. The number of nitrogens with one attached hydrogen (secondary N) is 1. The van der Waals surface area contributed by atoms with E-state index in [0.717, 1.165) is 30.2 Å². The Morgan fingerprint density at radius 1 is 1.42 bits per heavy atom. The molecule has 5 heteroatoms. The van der Waals surface area contributed by atoms with E-state index in [1.807, 2.05) is 28.8 Å². The lowest BCUT2D eigenvalue weighted by Gasteiger charge is -2.06. The predicted octanol–water partition coefficient (Wildman–Crippen LogP) is 3.58. The minimum Gasteiger partial charge on any atom is -0.494 e. The molecule has 4 nitrogen and oxygen atoms in total. The number of aromatic amines is 1. The molecule has 0 aliphatic carbocycles. The molecule has 0 saturated heterocycles. The van der Waals surface area contributed by atoms with Crippen LogP contribution in [0.4, 0.5) is 0 Å². The molecule has 1 aromatic carbocycles. The molecule has 2 aromatic rings. The molecule has 19 heavy (non-hydrogen) atoms. The van der Waals surface area contributed by atoms with Crippen molar-refractivity contribution in [2.75, 3.05) is 6.61 Å². The van der Waals surface area contributed by atoms with E-state index in [1.54, 1.807) is 6.08 Å². The molecule has 0 aliphatic heterocycles. The molecule has 0 atom stereocenters. The maximum absolute atomic E-state index is 5.56. The van der Waals surface area contributed by atoms with E-state index in [-0.39, 0.29) is 0 Å². The van der Waals surface area contributed by atoms with Crippen LogP contribution in [-0.2, 0) is 6.54 Å². The SMILES string of the molecule is C=CCn1c(-c2ccc(OCCC)cc2)n[nH]c1=S. The van der Waals surface area contributed by atoms with Crippen LogP contribution in [0.5, 0.6) is 5.75 Å². The van der Waals surface area contributed by atoms with E-state index in [4.69, 9.17) is 17.0 Å². The molecule has 1 aromatic heterocycles. The van der Waals surface area contributed by atoms with Crippen LogP contribution in [0.25, 0.3) is 11.4 Å². The van der Waals surface area contributed by atoms with Gasteiger partial charge in [0.25, 0.3) is 0 Å². The summed E-state index contributed by atoms with van der Waals surface area (Å²) in [6.07, 6.45) is 2.80. The standard InChI is InChI=1S/C14H17N3OS/c1-3-9-17-13(15-16-14(17)19)11-5-7-12(8-6-11)18-10-4-2/h3,5-8H,1,4,9-10H2,2H3,(H,16,19). The second-order valence-corrected chi connectivity index (χ2v) is 4.51. The average Bonchev–Trinajstić information content (AvgIpc) is 2.79. The largest absolute Gasteiger partial charge is 0.494 e. The molecule has 0 bridgehead atoms. The number of benzene rings is 1. The van der Waals surface area contributed by atoms with Crippen LogP contribution >= 0.6 is 12.2 Å². The van der Waals surface area contributed by atoms with Crippen molar-refractivity contribution < 1.29 is 4.74 Å². The number of aromatic nitrogens is 3.